The van der Waals surface area contributed by atoms with Crippen LogP contribution in [0.3, 0.4) is 0 Å². The number of benzene rings is 2. The summed E-state index contributed by atoms with van der Waals surface area (Å²) in [5.41, 5.74) is 8.06. The fourth-order valence-corrected chi connectivity index (χ4v) is 2.22. The topological polar surface area (TPSA) is 69.4 Å². The van der Waals surface area contributed by atoms with E-state index in [0.29, 0.717) is 0 Å². The van der Waals surface area contributed by atoms with Crippen LogP contribution in [0.1, 0.15) is 36.5 Å². The van der Waals surface area contributed by atoms with Gasteiger partial charge in [0, 0.05) is 0 Å². The minimum Gasteiger partial charge on any atom is -0.486 e. The number of hydrogen-bond acceptors (Lipinski definition) is 4. The molecule has 0 fully saturated rings. The van der Waals surface area contributed by atoms with Gasteiger partial charge < -0.3 is 10.5 Å². The molecule has 0 bridgehead atoms. The van der Waals surface area contributed by atoms with Crippen molar-refractivity contribution in [1.29, 1.82) is 0 Å². The minimum atomic E-state index is 0.102. The molecule has 2 rings (SSSR count). The first-order valence-electron chi connectivity index (χ1n) is 7.69. The van der Waals surface area contributed by atoms with Crippen LogP contribution in [-0.4, -0.2) is 12.7 Å². The van der Waals surface area contributed by atoms with Crippen LogP contribution in [-0.2, 0) is 9.59 Å². The second-order valence-electron chi connectivity index (χ2n) is 5.20. The highest BCUT2D eigenvalue weighted by Crippen LogP contribution is 2.26. The third-order valence-electron chi connectivity index (χ3n) is 3.39. The van der Waals surface area contributed by atoms with Crippen LogP contribution in [0.15, 0.2) is 54.6 Å². The second kappa shape index (κ2) is 11.2. The maximum Gasteiger partial charge on any atom is 0.373 e. The fraction of sp³-hybridized carbons (Fsp3) is 0.316. The first-order chi connectivity index (χ1) is 11.2. The third kappa shape index (κ3) is 7.41. The van der Waals surface area contributed by atoms with Crippen molar-refractivity contribution < 1.29 is 14.3 Å². The highest BCUT2D eigenvalue weighted by molar-refractivity contribution is 5.28. The summed E-state index contributed by atoms with van der Waals surface area (Å²) in [5.74, 6) is 0.928. The van der Waals surface area contributed by atoms with Crippen LogP contribution < -0.4 is 10.5 Å². The quantitative estimate of drug-likeness (QED) is 0.792. The number of aryl methyl sites for hydroxylation is 1. The van der Waals surface area contributed by atoms with E-state index in [9.17, 15) is 0 Å². The minimum absolute atomic E-state index is 0.102. The molecule has 0 radical (unpaired) electrons. The largest absolute Gasteiger partial charge is 0.486 e. The Kier molecular flexibility index (Phi) is 9.06. The van der Waals surface area contributed by atoms with Crippen LogP contribution in [0.5, 0.6) is 5.75 Å². The molecule has 2 aromatic carbocycles. The van der Waals surface area contributed by atoms with Gasteiger partial charge in [0.15, 0.2) is 0 Å². The van der Waals surface area contributed by atoms with Crippen molar-refractivity contribution in [3.63, 3.8) is 0 Å². The van der Waals surface area contributed by atoms with E-state index < -0.39 is 0 Å². The number of ether oxygens (including phenoxy) is 1. The molecule has 2 N–H and O–H groups in total. The Morgan fingerprint density at radius 2 is 1.61 bits per heavy atom. The molecule has 0 saturated heterocycles. The zero-order chi connectivity index (χ0) is 16.9. The number of unbranched alkanes of at least 4 members (excludes halogenated alkanes) is 1. The first-order valence-corrected chi connectivity index (χ1v) is 7.69. The fourth-order valence-electron chi connectivity index (χ4n) is 2.22. The molecule has 0 aliphatic heterocycles. The lowest BCUT2D eigenvalue weighted by Crippen LogP contribution is -2.09. The second-order valence-corrected chi connectivity index (χ2v) is 5.20. The van der Waals surface area contributed by atoms with Gasteiger partial charge in [0.1, 0.15) is 11.9 Å². The summed E-state index contributed by atoms with van der Waals surface area (Å²) in [4.78, 5) is 16.2. The zero-order valence-corrected chi connectivity index (χ0v) is 13.4. The number of carbonyl (C=O) groups excluding carboxylic acids is 2. The van der Waals surface area contributed by atoms with E-state index in [4.69, 9.17) is 20.1 Å². The van der Waals surface area contributed by atoms with Gasteiger partial charge in [-0.25, -0.2) is 0 Å². The Balaban J connectivity index is 0.000000816. The Hall–Kier alpha value is -2.42. The average molecular weight is 313 g/mol. The van der Waals surface area contributed by atoms with Gasteiger partial charge in [-0.05, 0) is 50.4 Å². The summed E-state index contributed by atoms with van der Waals surface area (Å²) in [6.07, 6.45) is 3.47. The van der Waals surface area contributed by atoms with Crippen LogP contribution in [0, 0.1) is 6.92 Å². The summed E-state index contributed by atoms with van der Waals surface area (Å²) in [5, 5.41) is 0. The van der Waals surface area contributed by atoms with Crippen LogP contribution in [0.25, 0.3) is 0 Å². The average Bonchev–Trinajstić information content (AvgIpc) is 2.57. The van der Waals surface area contributed by atoms with Gasteiger partial charge in [0.2, 0.25) is 0 Å². The normalized spacial score (nSPS) is 10.9. The molecule has 4 heteroatoms. The van der Waals surface area contributed by atoms with Gasteiger partial charge in [0.05, 0.1) is 0 Å². The van der Waals surface area contributed by atoms with Crippen molar-refractivity contribution in [2.45, 2.75) is 32.3 Å². The van der Waals surface area contributed by atoms with Crippen LogP contribution in [0.2, 0.25) is 0 Å². The molecule has 0 spiro atoms. The van der Waals surface area contributed by atoms with Gasteiger partial charge in [0.25, 0.3) is 0 Å². The zero-order valence-electron chi connectivity index (χ0n) is 13.4. The van der Waals surface area contributed by atoms with E-state index in [1.165, 1.54) is 11.1 Å². The van der Waals surface area contributed by atoms with Gasteiger partial charge in [-0.15, -0.1) is 0 Å². The summed E-state index contributed by atoms with van der Waals surface area (Å²) < 4.78 is 6.16. The third-order valence-corrected chi connectivity index (χ3v) is 3.39. The molecule has 0 amide bonds. The van der Waals surface area contributed by atoms with Gasteiger partial charge in [-0.1, -0.05) is 48.0 Å². The van der Waals surface area contributed by atoms with Crippen molar-refractivity contribution in [2.24, 2.45) is 5.73 Å². The van der Waals surface area contributed by atoms with Gasteiger partial charge in [-0.3, -0.25) is 0 Å². The molecule has 0 saturated carbocycles. The molecular formula is C19H23NO3. The van der Waals surface area contributed by atoms with Crippen LogP contribution in [0.4, 0.5) is 0 Å². The molecule has 0 aliphatic carbocycles. The SMILES string of the molecule is Cc1ccc(OC(CCCCN)c2ccccc2)cc1.O=C=O. The molecule has 1 unspecified atom stereocenters. The predicted molar refractivity (Wildman–Crippen MR) is 88.9 cm³/mol. The molecule has 0 aliphatic rings. The first kappa shape index (κ1) is 18.6. The predicted octanol–water partition coefficient (Wildman–Crippen LogP) is 3.66. The highest BCUT2D eigenvalue weighted by atomic mass is 16.5. The van der Waals surface area contributed by atoms with Crippen molar-refractivity contribution in [3.8, 4) is 5.75 Å². The molecule has 2 aromatic rings. The lowest BCUT2D eigenvalue weighted by Gasteiger charge is -2.19. The standard InChI is InChI=1S/C18H23NO.CO2/c1-15-10-12-17(13-11-15)20-18(9-5-6-14-19)16-7-3-2-4-8-16;2-1-3/h2-4,7-8,10-13,18H,5-6,9,14,19H2,1H3;. The Labute approximate surface area is 137 Å². The van der Waals surface area contributed by atoms with Gasteiger partial charge in [-0.2, -0.15) is 9.59 Å². The molecule has 1 atom stereocenters. The lowest BCUT2D eigenvalue weighted by atomic mass is 10.0. The Morgan fingerprint density at radius 1 is 1.00 bits per heavy atom. The summed E-state index contributed by atoms with van der Waals surface area (Å²) in [7, 11) is 0. The Bertz CT molecular complexity index is 575. The summed E-state index contributed by atoms with van der Waals surface area (Å²) in [6.45, 7) is 2.83. The molecule has 4 nitrogen and oxygen atoms in total. The van der Waals surface area contributed by atoms with Crippen molar-refractivity contribution >= 4 is 6.15 Å². The molecule has 0 heterocycles. The number of hydrogen-bond donors (Lipinski definition) is 1. The maximum atomic E-state index is 8.12. The van der Waals surface area contributed by atoms with Crippen LogP contribution >= 0.6 is 0 Å². The summed E-state index contributed by atoms with van der Waals surface area (Å²) >= 11 is 0. The van der Waals surface area contributed by atoms with Gasteiger partial charge >= 0.3 is 6.15 Å². The van der Waals surface area contributed by atoms with E-state index in [1.54, 1.807) is 0 Å². The monoisotopic (exact) mass is 313 g/mol. The number of nitrogens with two attached hydrogens (primary N) is 1. The Morgan fingerprint density at radius 3 is 2.17 bits per heavy atom. The van der Waals surface area contributed by atoms with E-state index in [2.05, 4.69) is 43.3 Å². The molecule has 122 valence electrons. The lowest BCUT2D eigenvalue weighted by molar-refractivity contribution is -0.191. The maximum absolute atomic E-state index is 8.12. The smallest absolute Gasteiger partial charge is 0.373 e. The molecular weight excluding hydrogens is 290 g/mol. The van der Waals surface area contributed by atoms with Crippen molar-refractivity contribution in [2.75, 3.05) is 6.54 Å². The van der Waals surface area contributed by atoms with E-state index in [1.807, 2.05) is 18.2 Å². The van der Waals surface area contributed by atoms with Crippen molar-refractivity contribution in [1.82, 2.24) is 0 Å². The van der Waals surface area contributed by atoms with E-state index in [0.717, 1.165) is 31.6 Å². The molecule has 23 heavy (non-hydrogen) atoms. The molecule has 0 aromatic heterocycles. The highest BCUT2D eigenvalue weighted by Gasteiger charge is 2.12. The van der Waals surface area contributed by atoms with E-state index >= 15 is 0 Å². The summed E-state index contributed by atoms with van der Waals surface area (Å²) in [6, 6.07) is 18.6. The van der Waals surface area contributed by atoms with Crippen molar-refractivity contribution in [3.05, 3.63) is 65.7 Å². The van der Waals surface area contributed by atoms with E-state index in [-0.39, 0.29) is 12.3 Å². The number of rotatable bonds is 7.